The lowest BCUT2D eigenvalue weighted by Gasteiger charge is -2.12. The summed E-state index contributed by atoms with van der Waals surface area (Å²) in [5.74, 6) is 1.64. The minimum atomic E-state index is -3.15. The summed E-state index contributed by atoms with van der Waals surface area (Å²) in [6, 6.07) is 6.98. The smallest absolute Gasteiger partial charge is 0.190 e. The van der Waals surface area contributed by atoms with Crippen molar-refractivity contribution in [3.05, 3.63) is 46.8 Å². The van der Waals surface area contributed by atoms with Crippen LogP contribution in [-0.4, -0.2) is 45.9 Å². The van der Waals surface area contributed by atoms with Gasteiger partial charge in [0.15, 0.2) is 15.8 Å². The van der Waals surface area contributed by atoms with Crippen LogP contribution in [0.25, 0.3) is 0 Å². The molecule has 148 valence electrons. The van der Waals surface area contributed by atoms with Gasteiger partial charge in [-0.3, -0.25) is 4.99 Å². The molecule has 2 N–H and O–H groups in total. The van der Waals surface area contributed by atoms with Crippen molar-refractivity contribution in [2.75, 3.05) is 26.4 Å². The van der Waals surface area contributed by atoms with Crippen molar-refractivity contribution < 1.29 is 12.9 Å². The number of aliphatic imine (C=N–C) groups is 1. The Kier molecular flexibility index (Phi) is 7.41. The predicted octanol–water partition coefficient (Wildman–Crippen LogP) is 2.04. The summed E-state index contributed by atoms with van der Waals surface area (Å²) in [6.45, 7) is 5.41. The van der Waals surface area contributed by atoms with Gasteiger partial charge in [0.05, 0.1) is 10.6 Å². The Labute approximate surface area is 161 Å². The molecule has 0 saturated heterocycles. The van der Waals surface area contributed by atoms with Gasteiger partial charge in [-0.1, -0.05) is 17.3 Å². The van der Waals surface area contributed by atoms with E-state index in [0.29, 0.717) is 11.4 Å². The van der Waals surface area contributed by atoms with Crippen LogP contribution >= 0.6 is 0 Å². The van der Waals surface area contributed by atoms with Crippen molar-refractivity contribution in [2.24, 2.45) is 4.99 Å². The molecule has 0 fully saturated rings. The number of aryl methyl sites for hydroxylation is 2. The molecule has 0 saturated carbocycles. The van der Waals surface area contributed by atoms with Gasteiger partial charge in [0, 0.05) is 32.0 Å². The molecular weight excluding hydrogens is 364 g/mol. The monoisotopic (exact) mass is 392 g/mol. The molecule has 0 spiro atoms. The second kappa shape index (κ2) is 9.55. The summed E-state index contributed by atoms with van der Waals surface area (Å²) in [7, 11) is -1.41. The number of hydrogen-bond acceptors (Lipinski definition) is 5. The van der Waals surface area contributed by atoms with Crippen LogP contribution < -0.4 is 10.6 Å². The Hall–Kier alpha value is -2.35. The molecule has 2 aromatic rings. The average Bonchev–Trinajstić information content (AvgIpc) is 2.95. The highest BCUT2D eigenvalue weighted by Gasteiger charge is 2.08. The van der Waals surface area contributed by atoms with Gasteiger partial charge in [0.1, 0.15) is 5.76 Å². The molecule has 1 aromatic carbocycles. The number of aromatic nitrogens is 1. The van der Waals surface area contributed by atoms with Crippen LogP contribution in [0.5, 0.6) is 0 Å². The first-order chi connectivity index (χ1) is 12.8. The van der Waals surface area contributed by atoms with Gasteiger partial charge >= 0.3 is 0 Å². The van der Waals surface area contributed by atoms with Gasteiger partial charge in [-0.2, -0.15) is 0 Å². The molecule has 2 rings (SSSR count). The lowest BCUT2D eigenvalue weighted by atomic mass is 10.1. The zero-order valence-electron chi connectivity index (χ0n) is 16.4. The lowest BCUT2D eigenvalue weighted by molar-refractivity contribution is 0.392. The minimum Gasteiger partial charge on any atom is -0.361 e. The van der Waals surface area contributed by atoms with E-state index in [1.54, 1.807) is 19.2 Å². The van der Waals surface area contributed by atoms with Gasteiger partial charge in [0.25, 0.3) is 0 Å². The quantitative estimate of drug-likeness (QED) is 0.405. The highest BCUT2D eigenvalue weighted by Crippen LogP contribution is 2.14. The maximum absolute atomic E-state index is 11.5. The highest BCUT2D eigenvalue weighted by molar-refractivity contribution is 7.90. The van der Waals surface area contributed by atoms with Crippen LogP contribution in [0.4, 0.5) is 0 Å². The zero-order chi connectivity index (χ0) is 19.9. The third-order valence-electron chi connectivity index (χ3n) is 4.36. The van der Waals surface area contributed by atoms with E-state index in [1.165, 1.54) is 11.8 Å². The molecule has 8 heteroatoms. The zero-order valence-corrected chi connectivity index (χ0v) is 17.2. The Morgan fingerprint density at radius 3 is 2.33 bits per heavy atom. The van der Waals surface area contributed by atoms with Gasteiger partial charge in [0.2, 0.25) is 0 Å². The van der Waals surface area contributed by atoms with Gasteiger partial charge in [-0.25, -0.2) is 8.42 Å². The summed E-state index contributed by atoms with van der Waals surface area (Å²) in [5.41, 5.74) is 3.21. The van der Waals surface area contributed by atoms with E-state index in [1.807, 2.05) is 26.0 Å². The van der Waals surface area contributed by atoms with Crippen LogP contribution in [0, 0.1) is 13.8 Å². The van der Waals surface area contributed by atoms with Crippen molar-refractivity contribution in [3.63, 3.8) is 0 Å². The Morgan fingerprint density at radius 1 is 1.11 bits per heavy atom. The molecule has 1 aromatic heterocycles. The maximum Gasteiger partial charge on any atom is 0.190 e. The first kappa shape index (κ1) is 21.0. The Balaban J connectivity index is 1.71. The number of rotatable bonds is 8. The molecule has 0 unspecified atom stereocenters. The summed E-state index contributed by atoms with van der Waals surface area (Å²) < 4.78 is 28.1. The third kappa shape index (κ3) is 6.39. The molecule has 27 heavy (non-hydrogen) atoms. The second-order valence-corrected chi connectivity index (χ2v) is 8.51. The lowest BCUT2D eigenvalue weighted by Crippen LogP contribution is -2.38. The van der Waals surface area contributed by atoms with Crippen molar-refractivity contribution in [2.45, 2.75) is 38.0 Å². The van der Waals surface area contributed by atoms with E-state index in [0.717, 1.165) is 48.8 Å². The van der Waals surface area contributed by atoms with E-state index < -0.39 is 9.84 Å². The standard InChI is InChI=1S/C19H28N4O3S/c1-14-18(15(2)26-23-14)6-5-12-21-19(20-3)22-13-11-16-7-9-17(10-8-16)27(4,24)25/h7-10H,5-6,11-13H2,1-4H3,(H2,20,21,22). The van der Waals surface area contributed by atoms with Gasteiger partial charge < -0.3 is 15.2 Å². The van der Waals surface area contributed by atoms with Gasteiger partial charge in [-0.05, 0) is 50.8 Å². The second-order valence-electron chi connectivity index (χ2n) is 6.50. The van der Waals surface area contributed by atoms with Crippen molar-refractivity contribution >= 4 is 15.8 Å². The van der Waals surface area contributed by atoms with Crippen molar-refractivity contribution in [3.8, 4) is 0 Å². The first-order valence-corrected chi connectivity index (χ1v) is 10.9. The molecule has 7 nitrogen and oxygen atoms in total. The van der Waals surface area contributed by atoms with Crippen LogP contribution in [0.1, 0.15) is 29.0 Å². The fraction of sp³-hybridized carbons (Fsp3) is 0.474. The average molecular weight is 393 g/mol. The van der Waals surface area contributed by atoms with E-state index >= 15 is 0 Å². The summed E-state index contributed by atoms with van der Waals surface area (Å²) in [5, 5.41) is 10.5. The number of sulfone groups is 1. The number of guanidine groups is 1. The number of hydrogen-bond donors (Lipinski definition) is 2. The Bertz CT molecular complexity index is 851. The van der Waals surface area contributed by atoms with E-state index in [4.69, 9.17) is 4.52 Å². The Morgan fingerprint density at radius 2 is 1.78 bits per heavy atom. The van der Waals surface area contributed by atoms with Crippen LogP contribution in [0.3, 0.4) is 0 Å². The number of nitrogens with zero attached hydrogens (tertiary/aromatic N) is 2. The molecular formula is C19H28N4O3S. The SMILES string of the molecule is CN=C(NCCCc1c(C)noc1C)NCCc1ccc(S(C)(=O)=O)cc1. The van der Waals surface area contributed by atoms with Crippen LogP contribution in [0.2, 0.25) is 0 Å². The molecule has 0 aliphatic carbocycles. The number of nitrogens with one attached hydrogen (secondary N) is 2. The molecule has 0 aliphatic heterocycles. The highest BCUT2D eigenvalue weighted by atomic mass is 32.2. The fourth-order valence-electron chi connectivity index (χ4n) is 2.78. The predicted molar refractivity (Wildman–Crippen MR) is 107 cm³/mol. The topological polar surface area (TPSA) is 96.6 Å². The maximum atomic E-state index is 11.5. The largest absolute Gasteiger partial charge is 0.361 e. The van der Waals surface area contributed by atoms with E-state index in [2.05, 4.69) is 20.8 Å². The normalized spacial score (nSPS) is 12.2. The third-order valence-corrected chi connectivity index (χ3v) is 5.49. The molecule has 0 atom stereocenters. The molecule has 0 aliphatic rings. The molecule has 0 radical (unpaired) electrons. The van der Waals surface area contributed by atoms with E-state index in [-0.39, 0.29) is 0 Å². The molecule has 1 heterocycles. The van der Waals surface area contributed by atoms with Crippen molar-refractivity contribution in [1.82, 2.24) is 15.8 Å². The fourth-order valence-corrected chi connectivity index (χ4v) is 3.41. The first-order valence-electron chi connectivity index (χ1n) is 8.96. The van der Waals surface area contributed by atoms with E-state index in [9.17, 15) is 8.42 Å². The summed E-state index contributed by atoms with van der Waals surface area (Å²) >= 11 is 0. The minimum absolute atomic E-state index is 0.343. The summed E-state index contributed by atoms with van der Waals surface area (Å²) in [4.78, 5) is 4.56. The van der Waals surface area contributed by atoms with Crippen LogP contribution in [0.15, 0.2) is 38.7 Å². The van der Waals surface area contributed by atoms with Crippen molar-refractivity contribution in [1.29, 1.82) is 0 Å². The van der Waals surface area contributed by atoms with Crippen LogP contribution in [-0.2, 0) is 22.7 Å². The molecule has 0 amide bonds. The number of benzene rings is 1. The summed E-state index contributed by atoms with van der Waals surface area (Å²) in [6.07, 6.45) is 3.86. The molecule has 0 bridgehead atoms. The van der Waals surface area contributed by atoms with Gasteiger partial charge in [-0.15, -0.1) is 0 Å².